The van der Waals surface area contributed by atoms with Crippen LogP contribution in [-0.4, -0.2) is 30.6 Å². The van der Waals surface area contributed by atoms with E-state index in [1.807, 2.05) is 0 Å². The van der Waals surface area contributed by atoms with Crippen molar-refractivity contribution in [2.45, 2.75) is 11.3 Å². The van der Waals surface area contributed by atoms with Crippen LogP contribution in [0.2, 0.25) is 0 Å². The molecule has 1 heterocycles. The fourth-order valence-electron chi connectivity index (χ4n) is 1.22. The highest BCUT2D eigenvalue weighted by atomic mass is 32.2. The van der Waals surface area contributed by atoms with Gasteiger partial charge in [0.15, 0.2) is 0 Å². The number of carboxylic acids is 1. The van der Waals surface area contributed by atoms with Crippen molar-refractivity contribution in [2.75, 3.05) is 6.54 Å². The first kappa shape index (κ1) is 13.2. The van der Waals surface area contributed by atoms with Crippen LogP contribution < -0.4 is 4.72 Å². The van der Waals surface area contributed by atoms with Crippen molar-refractivity contribution in [3.8, 4) is 6.07 Å². The molecule has 0 aliphatic heterocycles. The van der Waals surface area contributed by atoms with E-state index in [-0.39, 0.29) is 23.6 Å². The maximum absolute atomic E-state index is 11.7. The molecule has 17 heavy (non-hydrogen) atoms. The highest BCUT2D eigenvalue weighted by Crippen LogP contribution is 2.13. The van der Waals surface area contributed by atoms with Crippen LogP contribution in [0.15, 0.2) is 17.2 Å². The van der Waals surface area contributed by atoms with Crippen LogP contribution in [0, 0.1) is 11.3 Å². The van der Waals surface area contributed by atoms with Gasteiger partial charge in [-0.15, -0.1) is 0 Å². The van der Waals surface area contributed by atoms with Crippen molar-refractivity contribution in [3.05, 3.63) is 18.0 Å². The van der Waals surface area contributed by atoms with Crippen LogP contribution >= 0.6 is 0 Å². The number of carbonyl (C=O) groups is 1. The molecule has 0 bridgehead atoms. The first-order chi connectivity index (χ1) is 7.88. The number of sulfonamides is 1. The summed E-state index contributed by atoms with van der Waals surface area (Å²) in [5.74, 6) is -1.20. The average molecular weight is 257 g/mol. The van der Waals surface area contributed by atoms with Gasteiger partial charge in [0.2, 0.25) is 10.0 Å². The van der Waals surface area contributed by atoms with Gasteiger partial charge >= 0.3 is 5.97 Å². The summed E-state index contributed by atoms with van der Waals surface area (Å²) >= 11 is 0. The minimum Gasteiger partial charge on any atom is -0.477 e. The fraction of sp³-hybridized carbons (Fsp3) is 0.333. The summed E-state index contributed by atoms with van der Waals surface area (Å²) in [6.45, 7) is -0.00384. The second kappa shape index (κ2) is 4.99. The van der Waals surface area contributed by atoms with E-state index in [0.717, 1.165) is 6.07 Å². The summed E-state index contributed by atoms with van der Waals surface area (Å²) in [6, 6.07) is 2.87. The molecule has 2 N–H and O–H groups in total. The van der Waals surface area contributed by atoms with E-state index < -0.39 is 16.0 Å². The van der Waals surface area contributed by atoms with Gasteiger partial charge in [-0.1, -0.05) is 0 Å². The molecule has 0 unspecified atom stereocenters. The molecule has 0 aliphatic rings. The number of nitrogens with zero attached hydrogens (tertiary/aromatic N) is 2. The summed E-state index contributed by atoms with van der Waals surface area (Å²) < 4.78 is 26.7. The van der Waals surface area contributed by atoms with Gasteiger partial charge in [0.1, 0.15) is 10.6 Å². The van der Waals surface area contributed by atoms with Gasteiger partial charge in [0, 0.05) is 26.2 Å². The monoisotopic (exact) mass is 257 g/mol. The smallest absolute Gasteiger partial charge is 0.352 e. The number of hydrogen-bond donors (Lipinski definition) is 2. The molecule has 1 aromatic heterocycles. The predicted octanol–water partition coefficient (Wildman–Crippen LogP) is -0.0847. The Morgan fingerprint density at radius 1 is 1.65 bits per heavy atom. The third kappa shape index (κ3) is 3.05. The van der Waals surface area contributed by atoms with Crippen molar-refractivity contribution in [2.24, 2.45) is 7.05 Å². The lowest BCUT2D eigenvalue weighted by atomic mass is 10.4. The molecule has 0 aromatic carbocycles. The Hall–Kier alpha value is -1.85. The first-order valence-electron chi connectivity index (χ1n) is 4.65. The Bertz CT molecular complexity index is 568. The van der Waals surface area contributed by atoms with E-state index in [0.29, 0.717) is 0 Å². The maximum Gasteiger partial charge on any atom is 0.352 e. The number of nitriles is 1. The van der Waals surface area contributed by atoms with E-state index >= 15 is 0 Å². The largest absolute Gasteiger partial charge is 0.477 e. The molecule has 0 fully saturated rings. The molecule has 0 aliphatic carbocycles. The van der Waals surface area contributed by atoms with Crippen LogP contribution in [0.4, 0.5) is 0 Å². The quantitative estimate of drug-likeness (QED) is 0.716. The zero-order valence-electron chi connectivity index (χ0n) is 9.04. The summed E-state index contributed by atoms with van der Waals surface area (Å²) in [6.07, 6.45) is 1.26. The molecular formula is C9H11N3O4S. The Balaban J connectivity index is 2.97. The van der Waals surface area contributed by atoms with Crippen molar-refractivity contribution in [1.82, 2.24) is 9.29 Å². The molecule has 92 valence electrons. The lowest BCUT2D eigenvalue weighted by Crippen LogP contribution is -2.24. The number of aromatic nitrogens is 1. The Labute approximate surface area is 98.3 Å². The van der Waals surface area contributed by atoms with Crippen molar-refractivity contribution in [1.29, 1.82) is 5.26 Å². The Morgan fingerprint density at radius 2 is 2.29 bits per heavy atom. The predicted molar refractivity (Wildman–Crippen MR) is 57.8 cm³/mol. The minimum absolute atomic E-state index is 0.00384. The molecule has 0 radical (unpaired) electrons. The van der Waals surface area contributed by atoms with E-state index in [4.69, 9.17) is 10.4 Å². The number of aromatic carboxylic acids is 1. The number of hydrogen-bond acceptors (Lipinski definition) is 4. The van der Waals surface area contributed by atoms with Crippen LogP contribution in [-0.2, 0) is 17.1 Å². The van der Waals surface area contributed by atoms with Gasteiger partial charge in [-0.3, -0.25) is 0 Å². The first-order valence-corrected chi connectivity index (χ1v) is 6.13. The molecule has 0 saturated heterocycles. The summed E-state index contributed by atoms with van der Waals surface area (Å²) in [4.78, 5) is 10.6. The normalized spacial score (nSPS) is 11.1. The Morgan fingerprint density at radius 3 is 2.76 bits per heavy atom. The van der Waals surface area contributed by atoms with Crippen molar-refractivity contribution in [3.63, 3.8) is 0 Å². The van der Waals surface area contributed by atoms with Crippen LogP contribution in [0.3, 0.4) is 0 Å². The van der Waals surface area contributed by atoms with E-state index in [1.165, 1.54) is 17.8 Å². The molecule has 8 heteroatoms. The molecule has 7 nitrogen and oxygen atoms in total. The van der Waals surface area contributed by atoms with Crippen LogP contribution in [0.5, 0.6) is 0 Å². The molecular weight excluding hydrogens is 246 g/mol. The number of aryl methyl sites for hydroxylation is 1. The third-order valence-electron chi connectivity index (χ3n) is 2.04. The fourth-order valence-corrected chi connectivity index (χ4v) is 2.32. The SMILES string of the molecule is Cn1cc(S(=O)(=O)NCCC#N)cc1C(=O)O. The van der Waals surface area contributed by atoms with Crippen molar-refractivity contribution >= 4 is 16.0 Å². The molecule has 0 spiro atoms. The van der Waals surface area contributed by atoms with E-state index in [1.54, 1.807) is 6.07 Å². The van der Waals surface area contributed by atoms with E-state index in [9.17, 15) is 13.2 Å². The molecule has 0 saturated carbocycles. The number of nitrogens with one attached hydrogen (secondary N) is 1. The van der Waals surface area contributed by atoms with Gasteiger partial charge in [-0.05, 0) is 6.07 Å². The zero-order chi connectivity index (χ0) is 13.1. The summed E-state index contributed by atoms with van der Waals surface area (Å²) in [5, 5.41) is 17.1. The molecule has 0 atom stereocenters. The molecule has 1 aromatic rings. The van der Waals surface area contributed by atoms with Gasteiger partial charge in [0.05, 0.1) is 6.07 Å². The standard InChI is InChI=1S/C9H11N3O4S/c1-12-6-7(5-8(12)9(13)14)17(15,16)11-4-2-3-10/h5-6,11H,2,4H2,1H3,(H,13,14). The van der Waals surface area contributed by atoms with Crippen LogP contribution in [0.25, 0.3) is 0 Å². The second-order valence-corrected chi connectivity index (χ2v) is 5.05. The van der Waals surface area contributed by atoms with Crippen molar-refractivity contribution < 1.29 is 18.3 Å². The summed E-state index contributed by atoms with van der Waals surface area (Å²) in [5.41, 5.74) is -0.120. The highest BCUT2D eigenvalue weighted by Gasteiger charge is 2.19. The average Bonchev–Trinajstić information content (AvgIpc) is 2.61. The number of carboxylic acid groups (broad SMARTS) is 1. The molecule has 1 rings (SSSR count). The third-order valence-corrected chi connectivity index (χ3v) is 3.47. The summed E-state index contributed by atoms with van der Waals surface area (Å²) in [7, 11) is -2.31. The lowest BCUT2D eigenvalue weighted by molar-refractivity contribution is 0.0686. The molecule has 0 amide bonds. The van der Waals surface area contributed by atoms with Crippen LogP contribution in [0.1, 0.15) is 16.9 Å². The Kier molecular flexibility index (Phi) is 3.88. The second-order valence-electron chi connectivity index (χ2n) is 3.28. The van der Waals surface area contributed by atoms with Gasteiger partial charge < -0.3 is 9.67 Å². The van der Waals surface area contributed by atoms with Gasteiger partial charge in [0.25, 0.3) is 0 Å². The number of rotatable bonds is 5. The van der Waals surface area contributed by atoms with Gasteiger partial charge in [-0.2, -0.15) is 5.26 Å². The topological polar surface area (TPSA) is 112 Å². The van der Waals surface area contributed by atoms with Gasteiger partial charge in [-0.25, -0.2) is 17.9 Å². The maximum atomic E-state index is 11.7. The highest BCUT2D eigenvalue weighted by molar-refractivity contribution is 7.89. The lowest BCUT2D eigenvalue weighted by Gasteiger charge is -2.01. The van der Waals surface area contributed by atoms with E-state index in [2.05, 4.69) is 4.72 Å². The zero-order valence-corrected chi connectivity index (χ0v) is 9.86. The minimum atomic E-state index is -3.75.